The highest BCUT2D eigenvalue weighted by molar-refractivity contribution is 5.80. The van der Waals surface area contributed by atoms with Crippen LogP contribution in [0, 0.1) is 19.7 Å². The minimum atomic E-state index is -0.310. The Morgan fingerprint density at radius 2 is 1.84 bits per heavy atom. The highest BCUT2D eigenvalue weighted by Gasteiger charge is 2.09. The predicted molar refractivity (Wildman–Crippen MR) is 74.9 cm³/mol. The van der Waals surface area contributed by atoms with Crippen LogP contribution in [0.4, 0.5) is 10.1 Å². The van der Waals surface area contributed by atoms with Crippen LogP contribution in [0.25, 0.3) is 16.7 Å². The summed E-state index contributed by atoms with van der Waals surface area (Å²) in [6.07, 6.45) is 1.68. The zero-order chi connectivity index (χ0) is 13.6. The van der Waals surface area contributed by atoms with Crippen molar-refractivity contribution in [3.8, 4) is 5.69 Å². The number of nitrogen functional groups attached to an aromatic ring is 1. The van der Waals surface area contributed by atoms with Crippen LogP contribution in [-0.2, 0) is 0 Å². The molecule has 4 heteroatoms. The summed E-state index contributed by atoms with van der Waals surface area (Å²) in [7, 11) is 0. The van der Waals surface area contributed by atoms with Gasteiger partial charge in [0.15, 0.2) is 0 Å². The molecular formula is C15H14FN3. The first-order chi connectivity index (χ1) is 9.06. The molecular weight excluding hydrogens is 241 g/mol. The number of hydrogen-bond donors (Lipinski definition) is 1. The van der Waals surface area contributed by atoms with Gasteiger partial charge in [-0.05, 0) is 49.2 Å². The molecule has 3 aromatic rings. The topological polar surface area (TPSA) is 43.8 Å². The molecule has 0 aliphatic heterocycles. The van der Waals surface area contributed by atoms with E-state index in [1.165, 1.54) is 23.3 Å². The van der Waals surface area contributed by atoms with Crippen LogP contribution < -0.4 is 5.73 Å². The van der Waals surface area contributed by atoms with Crippen molar-refractivity contribution in [2.24, 2.45) is 0 Å². The smallest absolute Gasteiger partial charge is 0.125 e. The summed E-state index contributed by atoms with van der Waals surface area (Å²) in [4.78, 5) is 4.35. The molecule has 0 fully saturated rings. The van der Waals surface area contributed by atoms with Gasteiger partial charge in [-0.25, -0.2) is 9.37 Å². The molecule has 0 amide bonds. The normalized spacial score (nSPS) is 11.1. The molecule has 96 valence electrons. The van der Waals surface area contributed by atoms with Gasteiger partial charge in [-0.1, -0.05) is 0 Å². The standard InChI is InChI=1S/C15H14FN3/c1-9-5-13-15(6-10(9)2)19(8-18-13)14-7-11(16)3-4-12(14)17/h3-8H,17H2,1-2H3. The second-order valence-electron chi connectivity index (χ2n) is 4.74. The van der Waals surface area contributed by atoms with Crippen molar-refractivity contribution >= 4 is 16.7 Å². The zero-order valence-corrected chi connectivity index (χ0v) is 10.8. The molecule has 2 N–H and O–H groups in total. The number of benzene rings is 2. The zero-order valence-electron chi connectivity index (χ0n) is 10.8. The minimum absolute atomic E-state index is 0.310. The Labute approximate surface area is 110 Å². The van der Waals surface area contributed by atoms with Crippen molar-refractivity contribution in [1.29, 1.82) is 0 Å². The van der Waals surface area contributed by atoms with Gasteiger partial charge in [0.05, 0.1) is 22.4 Å². The van der Waals surface area contributed by atoms with Crippen LogP contribution in [0.2, 0.25) is 0 Å². The highest BCUT2D eigenvalue weighted by atomic mass is 19.1. The first-order valence-electron chi connectivity index (χ1n) is 6.06. The van der Waals surface area contributed by atoms with Crippen LogP contribution in [-0.4, -0.2) is 9.55 Å². The molecule has 3 rings (SSSR count). The number of aryl methyl sites for hydroxylation is 2. The van der Waals surface area contributed by atoms with Gasteiger partial charge in [0, 0.05) is 6.07 Å². The SMILES string of the molecule is Cc1cc2ncn(-c3cc(F)ccc3N)c2cc1C. The summed E-state index contributed by atoms with van der Waals surface area (Å²) in [5, 5.41) is 0. The second kappa shape index (κ2) is 4.09. The van der Waals surface area contributed by atoms with Gasteiger partial charge in [0.1, 0.15) is 12.1 Å². The molecule has 0 bridgehead atoms. The molecule has 1 heterocycles. The maximum Gasteiger partial charge on any atom is 0.125 e. The number of fused-ring (bicyclic) bond motifs is 1. The molecule has 0 spiro atoms. The molecule has 0 saturated heterocycles. The average molecular weight is 255 g/mol. The van der Waals surface area contributed by atoms with Gasteiger partial charge in [-0.3, -0.25) is 4.57 Å². The van der Waals surface area contributed by atoms with E-state index in [1.54, 1.807) is 12.4 Å². The number of nitrogens with zero attached hydrogens (tertiary/aromatic N) is 2. The molecule has 19 heavy (non-hydrogen) atoms. The number of imidazole rings is 1. The molecule has 3 nitrogen and oxygen atoms in total. The Hall–Kier alpha value is -2.36. The number of anilines is 1. The lowest BCUT2D eigenvalue weighted by Gasteiger charge is -2.09. The molecule has 0 atom stereocenters. The van der Waals surface area contributed by atoms with Crippen molar-refractivity contribution in [2.75, 3.05) is 5.73 Å². The van der Waals surface area contributed by atoms with Gasteiger partial charge < -0.3 is 5.73 Å². The van der Waals surface area contributed by atoms with Crippen LogP contribution in [0.5, 0.6) is 0 Å². The summed E-state index contributed by atoms with van der Waals surface area (Å²) in [5.41, 5.74) is 11.2. The fourth-order valence-electron chi connectivity index (χ4n) is 2.18. The molecule has 2 aromatic carbocycles. The van der Waals surface area contributed by atoms with Crippen molar-refractivity contribution in [2.45, 2.75) is 13.8 Å². The fourth-order valence-corrected chi connectivity index (χ4v) is 2.18. The van der Waals surface area contributed by atoms with Gasteiger partial charge >= 0.3 is 0 Å². The summed E-state index contributed by atoms with van der Waals surface area (Å²) in [6, 6.07) is 8.41. The summed E-state index contributed by atoms with van der Waals surface area (Å²) in [6.45, 7) is 4.09. The van der Waals surface area contributed by atoms with E-state index in [9.17, 15) is 4.39 Å². The van der Waals surface area contributed by atoms with Crippen molar-refractivity contribution < 1.29 is 4.39 Å². The van der Waals surface area contributed by atoms with E-state index in [2.05, 4.69) is 4.98 Å². The van der Waals surface area contributed by atoms with Gasteiger partial charge in [-0.2, -0.15) is 0 Å². The van der Waals surface area contributed by atoms with Crippen LogP contribution in [0.1, 0.15) is 11.1 Å². The Balaban J connectivity index is 2.31. The van der Waals surface area contributed by atoms with Crippen LogP contribution >= 0.6 is 0 Å². The summed E-state index contributed by atoms with van der Waals surface area (Å²) < 4.78 is 15.2. The average Bonchev–Trinajstić information content (AvgIpc) is 2.76. The summed E-state index contributed by atoms with van der Waals surface area (Å²) >= 11 is 0. The maximum atomic E-state index is 13.4. The van der Waals surface area contributed by atoms with E-state index in [0.29, 0.717) is 11.4 Å². The predicted octanol–water partition coefficient (Wildman–Crippen LogP) is 3.36. The van der Waals surface area contributed by atoms with Crippen molar-refractivity contribution in [1.82, 2.24) is 9.55 Å². The summed E-state index contributed by atoms with van der Waals surface area (Å²) in [5.74, 6) is -0.310. The lowest BCUT2D eigenvalue weighted by Crippen LogP contribution is -1.99. The van der Waals surface area contributed by atoms with E-state index in [-0.39, 0.29) is 5.82 Å². The quantitative estimate of drug-likeness (QED) is 0.677. The number of rotatable bonds is 1. The number of halogens is 1. The third-order valence-electron chi connectivity index (χ3n) is 3.41. The van der Waals surface area contributed by atoms with E-state index < -0.39 is 0 Å². The van der Waals surface area contributed by atoms with E-state index >= 15 is 0 Å². The van der Waals surface area contributed by atoms with E-state index in [0.717, 1.165) is 11.0 Å². The van der Waals surface area contributed by atoms with Gasteiger partial charge in [0.2, 0.25) is 0 Å². The Kier molecular flexibility index (Phi) is 2.52. The third kappa shape index (κ3) is 1.85. The van der Waals surface area contributed by atoms with Crippen molar-refractivity contribution in [3.05, 3.63) is 53.6 Å². The number of hydrogen-bond acceptors (Lipinski definition) is 2. The number of aromatic nitrogens is 2. The Morgan fingerprint density at radius 1 is 1.11 bits per heavy atom. The largest absolute Gasteiger partial charge is 0.397 e. The third-order valence-corrected chi connectivity index (χ3v) is 3.41. The minimum Gasteiger partial charge on any atom is -0.397 e. The maximum absolute atomic E-state index is 13.4. The molecule has 0 aliphatic carbocycles. The van der Waals surface area contributed by atoms with Gasteiger partial charge in [0.25, 0.3) is 0 Å². The monoisotopic (exact) mass is 255 g/mol. The molecule has 0 aliphatic rings. The Bertz CT molecular complexity index is 774. The van der Waals surface area contributed by atoms with Gasteiger partial charge in [-0.15, -0.1) is 0 Å². The fraction of sp³-hybridized carbons (Fsp3) is 0.133. The number of nitrogens with two attached hydrogens (primary N) is 1. The molecule has 0 unspecified atom stereocenters. The first kappa shape index (κ1) is 11.7. The second-order valence-corrected chi connectivity index (χ2v) is 4.74. The Morgan fingerprint density at radius 3 is 2.63 bits per heavy atom. The first-order valence-corrected chi connectivity index (χ1v) is 6.06. The molecule has 0 saturated carbocycles. The lowest BCUT2D eigenvalue weighted by atomic mass is 10.1. The van der Waals surface area contributed by atoms with E-state index in [1.807, 2.05) is 30.5 Å². The van der Waals surface area contributed by atoms with Crippen LogP contribution in [0.3, 0.4) is 0 Å². The van der Waals surface area contributed by atoms with E-state index in [4.69, 9.17) is 5.73 Å². The molecule has 1 aromatic heterocycles. The molecule has 0 radical (unpaired) electrons. The van der Waals surface area contributed by atoms with Crippen LogP contribution in [0.15, 0.2) is 36.7 Å². The van der Waals surface area contributed by atoms with Crippen molar-refractivity contribution in [3.63, 3.8) is 0 Å². The lowest BCUT2D eigenvalue weighted by molar-refractivity contribution is 0.627. The highest BCUT2D eigenvalue weighted by Crippen LogP contribution is 2.25.